The molecule has 1 aliphatic rings. The number of ether oxygens (including phenoxy) is 1. The molecule has 2 rings (SSSR count). The van der Waals surface area contributed by atoms with Gasteiger partial charge in [0, 0.05) is 13.8 Å². The molecule has 9 nitrogen and oxygen atoms in total. The van der Waals surface area contributed by atoms with Crippen LogP contribution in [0.15, 0.2) is 6.20 Å². The summed E-state index contributed by atoms with van der Waals surface area (Å²) in [5.74, 6) is -0.420. The van der Waals surface area contributed by atoms with Crippen LogP contribution >= 0.6 is 0 Å². The zero-order valence-corrected chi connectivity index (χ0v) is 13.2. The monoisotopic (exact) mass is 324 g/mol. The molecule has 0 unspecified atom stereocenters. The fourth-order valence-corrected chi connectivity index (χ4v) is 2.94. The molecule has 1 fully saturated rings. The number of carbonyl (C=O) groups is 2. The molecular weight excluding hydrogens is 304 g/mol. The fourth-order valence-electron chi connectivity index (χ4n) is 2.94. The Morgan fingerprint density at radius 3 is 2.70 bits per heavy atom. The molecular formula is C14H20N4O5. The van der Waals surface area contributed by atoms with E-state index in [2.05, 4.69) is 10.3 Å². The van der Waals surface area contributed by atoms with Gasteiger partial charge in [0.2, 0.25) is 5.91 Å². The molecule has 0 aromatic carbocycles. The van der Waals surface area contributed by atoms with E-state index in [0.29, 0.717) is 18.7 Å². The number of amides is 1. The lowest BCUT2D eigenvalue weighted by Gasteiger charge is -2.27. The Labute approximate surface area is 133 Å². The van der Waals surface area contributed by atoms with Gasteiger partial charge in [0.1, 0.15) is 24.9 Å². The van der Waals surface area contributed by atoms with Crippen molar-refractivity contribution < 1.29 is 19.2 Å². The smallest absolute Gasteiger partial charge is 0.342 e. The van der Waals surface area contributed by atoms with Gasteiger partial charge in [-0.05, 0) is 17.8 Å². The van der Waals surface area contributed by atoms with Crippen molar-refractivity contribution in [3.8, 4) is 0 Å². The lowest BCUT2D eigenvalue weighted by Crippen LogP contribution is -2.52. The van der Waals surface area contributed by atoms with Crippen LogP contribution in [0.4, 0.5) is 5.82 Å². The molecule has 1 N–H and O–H groups in total. The Hall–Kier alpha value is -2.45. The molecule has 9 heteroatoms. The maximum Gasteiger partial charge on any atom is 0.342 e. The quantitative estimate of drug-likeness (QED) is 0.475. The van der Waals surface area contributed by atoms with Crippen LogP contribution in [0, 0.1) is 17.0 Å². The molecule has 1 saturated carbocycles. The van der Waals surface area contributed by atoms with Crippen molar-refractivity contribution in [3.63, 3.8) is 0 Å². The highest BCUT2D eigenvalue weighted by Crippen LogP contribution is 2.31. The summed E-state index contributed by atoms with van der Waals surface area (Å²) in [6, 6.07) is 0. The normalized spacial score (nSPS) is 16.1. The lowest BCUT2D eigenvalue weighted by atomic mass is 9.98. The minimum atomic E-state index is -0.957. The molecule has 1 amide bonds. The van der Waals surface area contributed by atoms with E-state index in [1.807, 2.05) is 0 Å². The number of hydrogen-bond donors (Lipinski definition) is 1. The Morgan fingerprint density at radius 2 is 2.13 bits per heavy atom. The topological polar surface area (TPSA) is 116 Å². The van der Waals surface area contributed by atoms with Crippen LogP contribution in [0.5, 0.6) is 0 Å². The van der Waals surface area contributed by atoms with E-state index in [4.69, 9.17) is 4.74 Å². The number of carbonyl (C=O) groups excluding carboxylic acids is 2. The molecule has 0 spiro atoms. The zero-order valence-electron chi connectivity index (χ0n) is 13.2. The average molecular weight is 324 g/mol. The van der Waals surface area contributed by atoms with Crippen LogP contribution in [-0.2, 0) is 20.9 Å². The number of hydrogen-bond acceptors (Lipinski definition) is 6. The number of imidazole rings is 1. The summed E-state index contributed by atoms with van der Waals surface area (Å²) in [5.41, 5.74) is -0.957. The number of rotatable bonds is 6. The van der Waals surface area contributed by atoms with Gasteiger partial charge in [0.25, 0.3) is 0 Å². The van der Waals surface area contributed by atoms with Gasteiger partial charge < -0.3 is 20.2 Å². The Balaban J connectivity index is 1.98. The van der Waals surface area contributed by atoms with Crippen molar-refractivity contribution in [1.29, 1.82) is 0 Å². The van der Waals surface area contributed by atoms with Gasteiger partial charge in [-0.25, -0.2) is 14.3 Å². The molecule has 0 atom stereocenters. The van der Waals surface area contributed by atoms with Crippen molar-refractivity contribution in [2.75, 3.05) is 6.61 Å². The van der Waals surface area contributed by atoms with Crippen molar-refractivity contribution in [1.82, 2.24) is 14.9 Å². The standard InChI is InChI=1S/C14H20N4O5/c1-10-15-9-12(18(21)22)17(10)7-8-23-13(20)14(16-11(2)19)5-3-4-6-14/h9H,3-8H2,1-2H3,(H,16,19). The molecule has 0 bridgehead atoms. The summed E-state index contributed by atoms with van der Waals surface area (Å²) in [7, 11) is 0. The lowest BCUT2D eigenvalue weighted by molar-refractivity contribution is -0.392. The summed E-state index contributed by atoms with van der Waals surface area (Å²) in [5, 5.41) is 13.6. The summed E-state index contributed by atoms with van der Waals surface area (Å²) in [6.45, 7) is 3.14. The van der Waals surface area contributed by atoms with E-state index in [1.165, 1.54) is 17.7 Å². The van der Waals surface area contributed by atoms with Gasteiger partial charge in [-0.2, -0.15) is 0 Å². The van der Waals surface area contributed by atoms with Crippen molar-refractivity contribution >= 4 is 17.7 Å². The Morgan fingerprint density at radius 1 is 1.48 bits per heavy atom. The molecule has 1 aromatic heterocycles. The van der Waals surface area contributed by atoms with Crippen molar-refractivity contribution in [2.24, 2.45) is 0 Å². The van der Waals surface area contributed by atoms with Crippen molar-refractivity contribution in [2.45, 2.75) is 51.6 Å². The first kappa shape index (κ1) is 16.9. The van der Waals surface area contributed by atoms with E-state index in [0.717, 1.165) is 12.8 Å². The van der Waals surface area contributed by atoms with Crippen LogP contribution < -0.4 is 5.32 Å². The maximum atomic E-state index is 12.3. The van der Waals surface area contributed by atoms with Crippen LogP contribution in [0.1, 0.15) is 38.4 Å². The first-order valence-corrected chi connectivity index (χ1v) is 7.48. The second-order valence-electron chi connectivity index (χ2n) is 5.68. The summed E-state index contributed by atoms with van der Waals surface area (Å²) >= 11 is 0. The first-order chi connectivity index (χ1) is 10.9. The molecule has 0 saturated heterocycles. The van der Waals surface area contributed by atoms with Crippen LogP contribution in [0.2, 0.25) is 0 Å². The van der Waals surface area contributed by atoms with Gasteiger partial charge >= 0.3 is 11.8 Å². The van der Waals surface area contributed by atoms with E-state index < -0.39 is 16.4 Å². The van der Waals surface area contributed by atoms with Gasteiger partial charge in [0.05, 0.1) is 0 Å². The second-order valence-corrected chi connectivity index (χ2v) is 5.68. The molecule has 0 aliphatic heterocycles. The van der Waals surface area contributed by atoms with Crippen molar-refractivity contribution in [3.05, 3.63) is 22.1 Å². The predicted octanol–water partition coefficient (Wildman–Crippen LogP) is 1.09. The third kappa shape index (κ3) is 3.66. The number of nitro groups is 1. The number of esters is 1. The third-order valence-corrected chi connectivity index (χ3v) is 4.03. The van der Waals surface area contributed by atoms with Gasteiger partial charge in [-0.1, -0.05) is 12.8 Å². The van der Waals surface area contributed by atoms with Gasteiger partial charge in [-0.15, -0.1) is 0 Å². The van der Waals surface area contributed by atoms with Crippen LogP contribution in [-0.4, -0.2) is 38.5 Å². The molecule has 126 valence electrons. The highest BCUT2D eigenvalue weighted by Gasteiger charge is 2.43. The Kier molecular flexibility index (Phi) is 4.97. The highest BCUT2D eigenvalue weighted by molar-refractivity contribution is 5.87. The molecule has 1 aromatic rings. The SMILES string of the molecule is CC(=O)NC1(C(=O)OCCn2c([N+](=O)[O-])cnc2C)CCCC1. The van der Waals surface area contributed by atoms with Crippen LogP contribution in [0.3, 0.4) is 0 Å². The summed E-state index contributed by atoms with van der Waals surface area (Å²) < 4.78 is 6.65. The van der Waals surface area contributed by atoms with E-state index in [-0.39, 0.29) is 24.9 Å². The fraction of sp³-hybridized carbons (Fsp3) is 0.643. The molecule has 1 aliphatic carbocycles. The van der Waals surface area contributed by atoms with E-state index in [9.17, 15) is 19.7 Å². The minimum absolute atomic E-state index is 0.0157. The average Bonchev–Trinajstić information content (AvgIpc) is 3.06. The third-order valence-electron chi connectivity index (χ3n) is 4.03. The molecule has 0 radical (unpaired) electrons. The number of aryl methyl sites for hydroxylation is 1. The largest absolute Gasteiger partial charge is 0.460 e. The Bertz CT molecular complexity index is 619. The first-order valence-electron chi connectivity index (χ1n) is 7.48. The minimum Gasteiger partial charge on any atom is -0.460 e. The zero-order chi connectivity index (χ0) is 17.0. The highest BCUT2D eigenvalue weighted by atomic mass is 16.6. The maximum absolute atomic E-state index is 12.3. The summed E-state index contributed by atoms with van der Waals surface area (Å²) in [4.78, 5) is 37.9. The second kappa shape index (κ2) is 6.76. The van der Waals surface area contributed by atoms with Gasteiger partial charge in [-0.3, -0.25) is 4.79 Å². The van der Waals surface area contributed by atoms with Gasteiger partial charge in [0.15, 0.2) is 5.82 Å². The van der Waals surface area contributed by atoms with E-state index >= 15 is 0 Å². The predicted molar refractivity (Wildman–Crippen MR) is 79.6 cm³/mol. The molecule has 23 heavy (non-hydrogen) atoms. The molecule has 1 heterocycles. The van der Waals surface area contributed by atoms with E-state index in [1.54, 1.807) is 6.92 Å². The summed E-state index contributed by atoms with van der Waals surface area (Å²) in [6.07, 6.45) is 3.97. The number of nitrogens with one attached hydrogen (secondary N) is 1. The number of aromatic nitrogens is 2. The number of nitrogens with zero attached hydrogens (tertiary/aromatic N) is 3. The van der Waals surface area contributed by atoms with Crippen LogP contribution in [0.25, 0.3) is 0 Å².